The maximum Gasteiger partial charge on any atom is 0.255 e. The Morgan fingerprint density at radius 1 is 1.58 bits per heavy atom. The van der Waals surface area contributed by atoms with Gasteiger partial charge >= 0.3 is 0 Å². The topological polar surface area (TPSA) is 55.6 Å². The third-order valence-electron chi connectivity index (χ3n) is 3.18. The van der Waals surface area contributed by atoms with E-state index in [2.05, 4.69) is 0 Å². The molecule has 1 atom stereocenters. The summed E-state index contributed by atoms with van der Waals surface area (Å²) in [7, 11) is 0. The number of halogens is 2. The molecular formula is C13H18Cl2N2O2. The fourth-order valence-corrected chi connectivity index (χ4v) is 2.39. The van der Waals surface area contributed by atoms with E-state index in [0.29, 0.717) is 36.0 Å². The summed E-state index contributed by atoms with van der Waals surface area (Å²) in [6.07, 6.45) is 0.873. The van der Waals surface area contributed by atoms with E-state index in [9.17, 15) is 4.79 Å². The first-order valence-electron chi connectivity index (χ1n) is 6.07. The average Bonchev–Trinajstić information content (AvgIpc) is 2.38. The number of benzene rings is 1. The van der Waals surface area contributed by atoms with E-state index in [1.165, 1.54) is 0 Å². The zero-order valence-electron chi connectivity index (χ0n) is 10.8. The first kappa shape index (κ1) is 16.1. The molecule has 1 aromatic carbocycles. The average molecular weight is 305 g/mol. The molecule has 0 aliphatic carbocycles. The van der Waals surface area contributed by atoms with Gasteiger partial charge in [-0.25, -0.2) is 0 Å². The molecule has 2 N–H and O–H groups in total. The van der Waals surface area contributed by atoms with Crippen molar-refractivity contribution in [2.45, 2.75) is 19.4 Å². The molecule has 4 nitrogen and oxygen atoms in total. The standard InChI is InChI=1S/C13H17ClN2O2.ClH/c1-2-10-8-18-6-5-16(10)13(17)11-4-3-9(15)7-12(11)14;/h3-4,7,10H,2,5-6,8,15H2,1H3;1H. The molecule has 1 saturated heterocycles. The van der Waals surface area contributed by atoms with E-state index >= 15 is 0 Å². The Morgan fingerprint density at radius 3 is 2.95 bits per heavy atom. The van der Waals surface area contributed by atoms with Crippen LogP contribution >= 0.6 is 24.0 Å². The van der Waals surface area contributed by atoms with Gasteiger partial charge in [0.1, 0.15) is 0 Å². The van der Waals surface area contributed by atoms with Gasteiger partial charge in [0, 0.05) is 12.2 Å². The van der Waals surface area contributed by atoms with Crippen molar-refractivity contribution in [3.05, 3.63) is 28.8 Å². The second kappa shape index (κ2) is 6.98. The van der Waals surface area contributed by atoms with Crippen LogP contribution in [0, 0.1) is 0 Å². The smallest absolute Gasteiger partial charge is 0.255 e. The number of carbonyl (C=O) groups is 1. The number of ether oxygens (including phenoxy) is 1. The van der Waals surface area contributed by atoms with Gasteiger partial charge in [-0.3, -0.25) is 4.79 Å². The highest BCUT2D eigenvalue weighted by Crippen LogP contribution is 2.23. The SMILES string of the molecule is CCC1COCCN1C(=O)c1ccc(N)cc1Cl.Cl. The van der Waals surface area contributed by atoms with E-state index in [1.807, 2.05) is 11.8 Å². The molecule has 1 unspecified atom stereocenters. The summed E-state index contributed by atoms with van der Waals surface area (Å²) in [5.74, 6) is -0.0462. The largest absolute Gasteiger partial charge is 0.399 e. The van der Waals surface area contributed by atoms with Crippen LogP contribution in [0.15, 0.2) is 18.2 Å². The Labute approximate surface area is 124 Å². The predicted molar refractivity (Wildman–Crippen MR) is 79.0 cm³/mol. The van der Waals surface area contributed by atoms with Gasteiger partial charge in [0.15, 0.2) is 0 Å². The van der Waals surface area contributed by atoms with Crippen molar-refractivity contribution in [3.8, 4) is 0 Å². The zero-order valence-corrected chi connectivity index (χ0v) is 12.3. The van der Waals surface area contributed by atoms with E-state index in [1.54, 1.807) is 18.2 Å². The second-order valence-electron chi connectivity index (χ2n) is 4.37. The van der Waals surface area contributed by atoms with Gasteiger partial charge in [0.25, 0.3) is 5.91 Å². The second-order valence-corrected chi connectivity index (χ2v) is 4.78. The predicted octanol–water partition coefficient (Wildman–Crippen LogP) is 2.60. The zero-order chi connectivity index (χ0) is 13.1. The minimum atomic E-state index is -0.0462. The van der Waals surface area contributed by atoms with Gasteiger partial charge in [-0.15, -0.1) is 12.4 Å². The van der Waals surface area contributed by atoms with Crippen LogP contribution in [0.25, 0.3) is 0 Å². The molecule has 1 heterocycles. The van der Waals surface area contributed by atoms with Gasteiger partial charge in [-0.2, -0.15) is 0 Å². The minimum Gasteiger partial charge on any atom is -0.399 e. The normalized spacial score (nSPS) is 18.8. The number of anilines is 1. The minimum absolute atomic E-state index is 0. The molecule has 0 bridgehead atoms. The van der Waals surface area contributed by atoms with Crippen molar-refractivity contribution < 1.29 is 9.53 Å². The van der Waals surface area contributed by atoms with Crippen molar-refractivity contribution in [3.63, 3.8) is 0 Å². The Balaban J connectivity index is 0.00000180. The number of rotatable bonds is 2. The maximum atomic E-state index is 12.4. The van der Waals surface area contributed by atoms with Crippen molar-refractivity contribution in [1.29, 1.82) is 0 Å². The van der Waals surface area contributed by atoms with Gasteiger partial charge in [0.2, 0.25) is 0 Å². The van der Waals surface area contributed by atoms with Crippen LogP contribution in [-0.2, 0) is 4.74 Å². The molecule has 0 radical (unpaired) electrons. The van der Waals surface area contributed by atoms with Gasteiger partial charge in [-0.05, 0) is 24.6 Å². The number of nitrogen functional groups attached to an aromatic ring is 1. The number of nitrogens with zero attached hydrogens (tertiary/aromatic N) is 1. The Kier molecular flexibility index (Phi) is 5.91. The van der Waals surface area contributed by atoms with E-state index in [-0.39, 0.29) is 24.4 Å². The molecule has 0 aromatic heterocycles. The molecule has 19 heavy (non-hydrogen) atoms. The lowest BCUT2D eigenvalue weighted by molar-refractivity contribution is -0.00278. The molecule has 1 amide bonds. The number of nitrogens with two attached hydrogens (primary N) is 1. The summed E-state index contributed by atoms with van der Waals surface area (Å²) < 4.78 is 5.39. The van der Waals surface area contributed by atoms with Gasteiger partial charge in [0.05, 0.1) is 29.8 Å². The van der Waals surface area contributed by atoms with Crippen LogP contribution in [-0.4, -0.2) is 36.6 Å². The lowest BCUT2D eigenvalue weighted by Crippen LogP contribution is -2.48. The molecule has 0 saturated carbocycles. The van der Waals surface area contributed by atoms with E-state index in [4.69, 9.17) is 22.1 Å². The monoisotopic (exact) mass is 304 g/mol. The van der Waals surface area contributed by atoms with Crippen LogP contribution in [0.3, 0.4) is 0 Å². The lowest BCUT2D eigenvalue weighted by Gasteiger charge is -2.35. The van der Waals surface area contributed by atoms with Crippen molar-refractivity contribution >= 4 is 35.6 Å². The van der Waals surface area contributed by atoms with Crippen LogP contribution in [0.2, 0.25) is 5.02 Å². The third kappa shape index (κ3) is 3.53. The molecule has 6 heteroatoms. The van der Waals surface area contributed by atoms with Crippen molar-refractivity contribution in [2.75, 3.05) is 25.5 Å². The highest BCUT2D eigenvalue weighted by atomic mass is 35.5. The molecule has 1 aliphatic rings. The summed E-state index contributed by atoms with van der Waals surface area (Å²) >= 11 is 6.08. The van der Waals surface area contributed by atoms with Crippen molar-refractivity contribution in [2.24, 2.45) is 0 Å². The molecule has 1 fully saturated rings. The van der Waals surface area contributed by atoms with Crippen LogP contribution < -0.4 is 5.73 Å². The maximum absolute atomic E-state index is 12.4. The molecule has 1 aliphatic heterocycles. The number of morpholine rings is 1. The van der Waals surface area contributed by atoms with Gasteiger partial charge in [-0.1, -0.05) is 18.5 Å². The van der Waals surface area contributed by atoms with Crippen LogP contribution in [0.5, 0.6) is 0 Å². The Morgan fingerprint density at radius 2 is 2.32 bits per heavy atom. The summed E-state index contributed by atoms with van der Waals surface area (Å²) in [6, 6.07) is 5.11. The van der Waals surface area contributed by atoms with Crippen molar-refractivity contribution in [1.82, 2.24) is 4.90 Å². The molecule has 1 aromatic rings. The highest BCUT2D eigenvalue weighted by Gasteiger charge is 2.27. The fraction of sp³-hybridized carbons (Fsp3) is 0.462. The number of carbonyl (C=O) groups excluding carboxylic acids is 1. The molecule has 2 rings (SSSR count). The van der Waals surface area contributed by atoms with Crippen LogP contribution in [0.4, 0.5) is 5.69 Å². The molecule has 0 spiro atoms. The fourth-order valence-electron chi connectivity index (χ4n) is 2.12. The van der Waals surface area contributed by atoms with Crippen LogP contribution in [0.1, 0.15) is 23.7 Å². The first-order chi connectivity index (χ1) is 8.63. The summed E-state index contributed by atoms with van der Waals surface area (Å²) in [6.45, 7) is 3.83. The van der Waals surface area contributed by atoms with Gasteiger partial charge < -0.3 is 15.4 Å². The third-order valence-corrected chi connectivity index (χ3v) is 3.50. The van der Waals surface area contributed by atoms with E-state index < -0.39 is 0 Å². The first-order valence-corrected chi connectivity index (χ1v) is 6.45. The summed E-state index contributed by atoms with van der Waals surface area (Å²) in [5, 5.41) is 0.404. The molecule has 106 valence electrons. The van der Waals surface area contributed by atoms with E-state index in [0.717, 1.165) is 6.42 Å². The summed E-state index contributed by atoms with van der Waals surface area (Å²) in [5.41, 5.74) is 6.70. The number of hydrogen-bond donors (Lipinski definition) is 1. The Bertz CT molecular complexity index is 454. The molecular weight excluding hydrogens is 287 g/mol. The summed E-state index contributed by atoms with van der Waals surface area (Å²) in [4.78, 5) is 14.3. The Hall–Kier alpha value is -0.970. The number of amides is 1. The lowest BCUT2D eigenvalue weighted by atomic mass is 10.1. The quantitative estimate of drug-likeness (QED) is 0.855. The highest BCUT2D eigenvalue weighted by molar-refractivity contribution is 6.34. The number of hydrogen-bond acceptors (Lipinski definition) is 3.